The van der Waals surface area contributed by atoms with Crippen molar-refractivity contribution in [1.82, 2.24) is 0 Å². The Hall–Kier alpha value is -1.64. The predicted octanol–water partition coefficient (Wildman–Crippen LogP) is 4.63. The Morgan fingerprint density at radius 2 is 1.43 bits per heavy atom. The summed E-state index contributed by atoms with van der Waals surface area (Å²) in [7, 11) is 0. The largest absolute Gasteiger partial charge is 0.363 e. The fourth-order valence-electron chi connectivity index (χ4n) is 6.73. The quantitative estimate of drug-likeness (QED) is 0.700. The van der Waals surface area contributed by atoms with Gasteiger partial charge in [-0.3, -0.25) is 0 Å². The average Bonchev–Trinajstić information content (AvgIpc) is 2.69. The minimum atomic E-state index is 0.0339. The van der Waals surface area contributed by atoms with Gasteiger partial charge in [-0.05, 0) is 55.1 Å². The lowest BCUT2D eigenvalue weighted by Crippen LogP contribution is -2.99. The van der Waals surface area contributed by atoms with Crippen LogP contribution in [0, 0.1) is 24.7 Å². The standard InChI is InChI=1S/C26H33NO/c1-19-7-9-24(10-8-19)25(23-5-3-2-4-6-23)28-12-11-27-26-16-20-13-21(17-26)15-22(14-20)18-26/h2-10,20-22,25,27H,11-18H2,1H3/p+1/t20?,21?,22?,25-,26?/m1/s1. The number of hydrogen-bond donors (Lipinski definition) is 1. The molecule has 0 amide bonds. The highest BCUT2D eigenvalue weighted by molar-refractivity contribution is 5.31. The van der Waals surface area contributed by atoms with Gasteiger partial charge in [-0.15, -0.1) is 0 Å². The van der Waals surface area contributed by atoms with E-state index in [1.54, 1.807) is 0 Å². The van der Waals surface area contributed by atoms with Gasteiger partial charge in [0.25, 0.3) is 0 Å². The van der Waals surface area contributed by atoms with Gasteiger partial charge < -0.3 is 10.1 Å². The molecule has 0 unspecified atom stereocenters. The van der Waals surface area contributed by atoms with Crippen LogP contribution in [-0.4, -0.2) is 18.7 Å². The van der Waals surface area contributed by atoms with Crippen LogP contribution in [0.4, 0.5) is 0 Å². The predicted molar refractivity (Wildman–Crippen MR) is 113 cm³/mol. The average molecular weight is 377 g/mol. The molecule has 0 aliphatic heterocycles. The molecule has 1 atom stereocenters. The second-order valence-electron chi connectivity index (χ2n) is 9.84. The van der Waals surface area contributed by atoms with Crippen LogP contribution in [0.1, 0.15) is 61.3 Å². The van der Waals surface area contributed by atoms with Crippen LogP contribution in [0.5, 0.6) is 0 Å². The van der Waals surface area contributed by atoms with E-state index in [-0.39, 0.29) is 6.10 Å². The molecule has 0 spiro atoms. The van der Waals surface area contributed by atoms with Crippen molar-refractivity contribution in [3.63, 3.8) is 0 Å². The highest BCUT2D eigenvalue weighted by atomic mass is 16.5. The second-order valence-corrected chi connectivity index (χ2v) is 9.84. The molecule has 28 heavy (non-hydrogen) atoms. The zero-order valence-electron chi connectivity index (χ0n) is 17.1. The monoisotopic (exact) mass is 376 g/mol. The van der Waals surface area contributed by atoms with Gasteiger partial charge in [0.2, 0.25) is 0 Å². The highest BCUT2D eigenvalue weighted by Gasteiger charge is 2.53. The Bertz CT molecular complexity index is 747. The van der Waals surface area contributed by atoms with Crippen molar-refractivity contribution < 1.29 is 10.1 Å². The molecule has 4 bridgehead atoms. The molecule has 2 aromatic carbocycles. The first-order valence-electron chi connectivity index (χ1n) is 11.3. The zero-order chi connectivity index (χ0) is 19.0. The van der Waals surface area contributed by atoms with Gasteiger partial charge in [0.05, 0.1) is 18.7 Å². The molecule has 4 fully saturated rings. The maximum atomic E-state index is 6.49. The summed E-state index contributed by atoms with van der Waals surface area (Å²) in [6, 6.07) is 19.5. The van der Waals surface area contributed by atoms with Gasteiger partial charge in [0.1, 0.15) is 6.10 Å². The van der Waals surface area contributed by atoms with Crippen LogP contribution in [0.2, 0.25) is 0 Å². The fourth-order valence-corrected chi connectivity index (χ4v) is 6.73. The molecule has 2 heteroatoms. The minimum Gasteiger partial charge on any atom is -0.363 e. The number of benzene rings is 2. The van der Waals surface area contributed by atoms with Crippen molar-refractivity contribution in [2.45, 2.75) is 57.1 Å². The summed E-state index contributed by atoms with van der Waals surface area (Å²) in [5, 5.41) is 2.68. The van der Waals surface area contributed by atoms with Crippen molar-refractivity contribution in [1.29, 1.82) is 0 Å². The lowest BCUT2D eigenvalue weighted by molar-refractivity contribution is -0.740. The van der Waals surface area contributed by atoms with E-state index in [2.05, 4.69) is 66.8 Å². The molecule has 2 nitrogen and oxygen atoms in total. The Morgan fingerprint density at radius 1 is 0.857 bits per heavy atom. The lowest BCUT2D eigenvalue weighted by atomic mass is 9.53. The molecule has 6 rings (SSSR count). The van der Waals surface area contributed by atoms with Crippen LogP contribution >= 0.6 is 0 Å². The van der Waals surface area contributed by atoms with E-state index in [9.17, 15) is 0 Å². The van der Waals surface area contributed by atoms with Crippen molar-refractivity contribution in [3.05, 3.63) is 71.3 Å². The van der Waals surface area contributed by atoms with Crippen LogP contribution in [-0.2, 0) is 4.74 Å². The summed E-state index contributed by atoms with van der Waals surface area (Å²) in [4.78, 5) is 0. The third-order valence-corrected chi connectivity index (χ3v) is 7.55. The molecule has 2 N–H and O–H groups in total. The fraction of sp³-hybridized carbons (Fsp3) is 0.538. The van der Waals surface area contributed by atoms with Gasteiger partial charge in [-0.2, -0.15) is 0 Å². The minimum absolute atomic E-state index is 0.0339. The van der Waals surface area contributed by atoms with Crippen LogP contribution in [0.3, 0.4) is 0 Å². The van der Waals surface area contributed by atoms with Crippen molar-refractivity contribution in [2.75, 3.05) is 13.2 Å². The van der Waals surface area contributed by atoms with Crippen LogP contribution in [0.15, 0.2) is 54.6 Å². The third kappa shape index (κ3) is 3.77. The van der Waals surface area contributed by atoms with E-state index in [4.69, 9.17) is 4.74 Å². The highest BCUT2D eigenvalue weighted by Crippen LogP contribution is 2.54. The normalized spacial score (nSPS) is 31.8. The van der Waals surface area contributed by atoms with Crippen molar-refractivity contribution >= 4 is 0 Å². The van der Waals surface area contributed by atoms with E-state index >= 15 is 0 Å². The van der Waals surface area contributed by atoms with Gasteiger partial charge in [0.15, 0.2) is 0 Å². The molecule has 0 radical (unpaired) electrons. The maximum absolute atomic E-state index is 6.49. The number of hydrogen-bond acceptors (Lipinski definition) is 1. The summed E-state index contributed by atoms with van der Waals surface area (Å²) in [5.74, 6) is 3.06. The molecule has 4 aliphatic carbocycles. The van der Waals surface area contributed by atoms with Gasteiger partial charge in [-0.25, -0.2) is 0 Å². The number of quaternary nitrogens is 1. The molecular formula is C26H34NO+. The van der Waals surface area contributed by atoms with E-state index in [1.807, 2.05) is 0 Å². The lowest BCUT2D eigenvalue weighted by Gasteiger charge is -2.54. The summed E-state index contributed by atoms with van der Waals surface area (Å²) in [5.41, 5.74) is 4.35. The molecule has 2 aromatic rings. The second kappa shape index (κ2) is 7.65. The van der Waals surface area contributed by atoms with Crippen molar-refractivity contribution in [2.24, 2.45) is 17.8 Å². The third-order valence-electron chi connectivity index (χ3n) is 7.55. The summed E-state index contributed by atoms with van der Waals surface area (Å²) in [6.45, 7) is 4.04. The van der Waals surface area contributed by atoms with E-state index < -0.39 is 0 Å². The molecule has 4 saturated carbocycles. The van der Waals surface area contributed by atoms with E-state index in [0.29, 0.717) is 5.54 Å². The Morgan fingerprint density at radius 3 is 2.04 bits per heavy atom. The number of nitrogens with two attached hydrogens (primary N) is 1. The zero-order valence-corrected chi connectivity index (χ0v) is 17.1. The van der Waals surface area contributed by atoms with Gasteiger partial charge in [0, 0.05) is 19.3 Å². The molecular weight excluding hydrogens is 342 g/mol. The first-order valence-corrected chi connectivity index (χ1v) is 11.3. The first-order chi connectivity index (χ1) is 13.7. The molecule has 4 aliphatic rings. The van der Waals surface area contributed by atoms with Crippen molar-refractivity contribution in [3.8, 4) is 0 Å². The molecule has 148 valence electrons. The first kappa shape index (κ1) is 18.4. The number of rotatable bonds is 7. The SMILES string of the molecule is Cc1ccc([C@H](OCC[NH2+]C23CC4CC(CC(C4)C2)C3)c2ccccc2)cc1. The van der Waals surface area contributed by atoms with Crippen LogP contribution in [0.25, 0.3) is 0 Å². The summed E-state index contributed by atoms with van der Waals surface area (Å²) >= 11 is 0. The molecule has 0 saturated heterocycles. The number of ether oxygens (including phenoxy) is 1. The topological polar surface area (TPSA) is 25.8 Å². The van der Waals surface area contributed by atoms with Crippen LogP contribution < -0.4 is 5.32 Å². The molecule has 0 heterocycles. The number of aryl methyl sites for hydroxylation is 1. The Labute approximate surface area is 169 Å². The molecule has 0 aromatic heterocycles. The van der Waals surface area contributed by atoms with Gasteiger partial charge in [-0.1, -0.05) is 60.2 Å². The summed E-state index contributed by atoms with van der Waals surface area (Å²) < 4.78 is 6.49. The van der Waals surface area contributed by atoms with E-state index in [0.717, 1.165) is 30.9 Å². The Balaban J connectivity index is 1.23. The smallest absolute Gasteiger partial charge is 0.108 e. The summed E-state index contributed by atoms with van der Waals surface area (Å²) in [6.07, 6.45) is 8.97. The van der Waals surface area contributed by atoms with Gasteiger partial charge >= 0.3 is 0 Å². The van der Waals surface area contributed by atoms with E-state index in [1.165, 1.54) is 55.2 Å². The Kier molecular flexibility index (Phi) is 5.02. The maximum Gasteiger partial charge on any atom is 0.108 e.